The zero-order valence-corrected chi connectivity index (χ0v) is 10.3. The van der Waals surface area contributed by atoms with Crippen molar-refractivity contribution < 1.29 is 4.74 Å². The third-order valence-corrected chi connectivity index (χ3v) is 2.58. The molecule has 0 bridgehead atoms. The smallest absolute Gasteiger partial charge is 0.132 e. The van der Waals surface area contributed by atoms with Crippen LogP contribution in [0.3, 0.4) is 0 Å². The Morgan fingerprint density at radius 3 is 2.94 bits per heavy atom. The summed E-state index contributed by atoms with van der Waals surface area (Å²) in [7, 11) is 0. The minimum atomic E-state index is 0.412. The Morgan fingerprint density at radius 1 is 1.44 bits per heavy atom. The molecule has 0 spiro atoms. The molecule has 0 fully saturated rings. The second-order valence-electron chi connectivity index (χ2n) is 3.74. The van der Waals surface area contributed by atoms with Gasteiger partial charge in [0.1, 0.15) is 17.3 Å². The Hall–Kier alpha value is -2.41. The highest BCUT2D eigenvalue weighted by molar-refractivity contribution is 5.75. The van der Waals surface area contributed by atoms with Gasteiger partial charge in [-0.25, -0.2) is 4.98 Å². The molecule has 2 rings (SSSR count). The quantitative estimate of drug-likeness (QED) is 0.834. The number of hydrogen-bond donors (Lipinski definition) is 1. The van der Waals surface area contributed by atoms with Gasteiger partial charge >= 0.3 is 0 Å². The fourth-order valence-electron chi connectivity index (χ4n) is 1.77. The van der Waals surface area contributed by atoms with Crippen LogP contribution in [-0.2, 0) is 6.54 Å². The van der Waals surface area contributed by atoms with Gasteiger partial charge < -0.3 is 15.0 Å². The lowest BCUT2D eigenvalue weighted by Crippen LogP contribution is -2.01. The Bertz CT molecular complexity index is 581. The number of aromatic nitrogens is 2. The van der Waals surface area contributed by atoms with Crippen molar-refractivity contribution in [1.82, 2.24) is 9.55 Å². The van der Waals surface area contributed by atoms with Crippen LogP contribution in [0.2, 0.25) is 0 Å². The Balaban J connectivity index is 2.46. The van der Waals surface area contributed by atoms with E-state index in [2.05, 4.69) is 10.9 Å². The molecular formula is C14H15N3O. The van der Waals surface area contributed by atoms with Gasteiger partial charge in [0.05, 0.1) is 19.5 Å². The molecule has 4 heteroatoms. The summed E-state index contributed by atoms with van der Waals surface area (Å²) in [5.41, 5.74) is 7.62. The summed E-state index contributed by atoms with van der Waals surface area (Å²) in [6.45, 7) is 2.95. The van der Waals surface area contributed by atoms with Gasteiger partial charge in [-0.15, -0.1) is 6.42 Å². The number of rotatable bonds is 4. The lowest BCUT2D eigenvalue weighted by atomic mass is 10.1. The molecule has 0 aliphatic carbocycles. The first-order valence-corrected chi connectivity index (χ1v) is 5.74. The monoisotopic (exact) mass is 241 g/mol. The number of para-hydroxylation sites is 1. The van der Waals surface area contributed by atoms with Crippen LogP contribution in [0.15, 0.2) is 30.6 Å². The summed E-state index contributed by atoms with van der Waals surface area (Å²) < 4.78 is 7.30. The second kappa shape index (κ2) is 5.28. The number of ether oxygens (including phenoxy) is 1. The van der Waals surface area contributed by atoms with Crippen LogP contribution >= 0.6 is 0 Å². The number of terminal acetylenes is 1. The van der Waals surface area contributed by atoms with E-state index >= 15 is 0 Å². The average molecular weight is 241 g/mol. The Morgan fingerprint density at radius 2 is 2.22 bits per heavy atom. The SMILES string of the molecule is C#CCn1cnc(-c2ccccc2OCC)c1N. The number of nitrogens with zero attached hydrogens (tertiary/aromatic N) is 2. The van der Waals surface area contributed by atoms with Crippen molar-refractivity contribution in [3.63, 3.8) is 0 Å². The summed E-state index contributed by atoms with van der Waals surface area (Å²) in [6, 6.07) is 7.68. The van der Waals surface area contributed by atoms with Gasteiger partial charge in [-0.1, -0.05) is 18.1 Å². The van der Waals surface area contributed by atoms with E-state index in [0.29, 0.717) is 24.7 Å². The Labute approximate surface area is 106 Å². The predicted octanol–water partition coefficient (Wildman–Crippen LogP) is 2.16. The van der Waals surface area contributed by atoms with Crippen LogP contribution in [-0.4, -0.2) is 16.2 Å². The maximum atomic E-state index is 6.04. The second-order valence-corrected chi connectivity index (χ2v) is 3.74. The van der Waals surface area contributed by atoms with E-state index in [1.165, 1.54) is 0 Å². The molecule has 18 heavy (non-hydrogen) atoms. The lowest BCUT2D eigenvalue weighted by Gasteiger charge is -2.09. The number of nitrogen functional groups attached to an aromatic ring is 1. The molecule has 0 saturated heterocycles. The molecule has 1 heterocycles. The third kappa shape index (κ3) is 2.16. The van der Waals surface area contributed by atoms with Crippen LogP contribution in [0.4, 0.5) is 5.82 Å². The van der Waals surface area contributed by atoms with E-state index < -0.39 is 0 Å². The number of hydrogen-bond acceptors (Lipinski definition) is 3. The van der Waals surface area contributed by atoms with Crippen LogP contribution in [0, 0.1) is 12.3 Å². The van der Waals surface area contributed by atoms with E-state index in [4.69, 9.17) is 16.9 Å². The predicted molar refractivity (Wildman–Crippen MR) is 72.1 cm³/mol. The largest absolute Gasteiger partial charge is 0.493 e. The molecule has 0 unspecified atom stereocenters. The first kappa shape index (κ1) is 12.1. The average Bonchev–Trinajstić information content (AvgIpc) is 2.73. The van der Waals surface area contributed by atoms with Crippen LogP contribution in [0.5, 0.6) is 5.75 Å². The van der Waals surface area contributed by atoms with Crippen LogP contribution in [0.1, 0.15) is 6.92 Å². The fraction of sp³-hybridized carbons (Fsp3) is 0.214. The first-order chi connectivity index (χ1) is 8.77. The molecule has 0 aliphatic heterocycles. The van der Waals surface area contributed by atoms with E-state index in [-0.39, 0.29) is 0 Å². The zero-order chi connectivity index (χ0) is 13.0. The van der Waals surface area contributed by atoms with Gasteiger partial charge in [-0.05, 0) is 19.1 Å². The molecule has 0 saturated carbocycles. The highest BCUT2D eigenvalue weighted by atomic mass is 16.5. The van der Waals surface area contributed by atoms with E-state index in [1.54, 1.807) is 10.9 Å². The standard InChI is InChI=1S/C14H15N3O/c1-3-9-17-10-16-13(14(17)15)11-7-5-6-8-12(11)18-4-2/h1,5-8,10H,4,9,15H2,2H3. The summed E-state index contributed by atoms with van der Waals surface area (Å²) in [5, 5.41) is 0. The summed E-state index contributed by atoms with van der Waals surface area (Å²) in [4.78, 5) is 4.31. The van der Waals surface area contributed by atoms with Crippen molar-refractivity contribution in [2.75, 3.05) is 12.3 Å². The normalized spacial score (nSPS) is 10.0. The molecule has 4 nitrogen and oxygen atoms in total. The van der Waals surface area contributed by atoms with E-state index in [1.807, 2.05) is 31.2 Å². The zero-order valence-electron chi connectivity index (χ0n) is 10.3. The molecule has 1 aromatic heterocycles. The van der Waals surface area contributed by atoms with Crippen molar-refractivity contribution in [1.29, 1.82) is 0 Å². The Kier molecular flexibility index (Phi) is 3.54. The highest BCUT2D eigenvalue weighted by Crippen LogP contribution is 2.32. The number of anilines is 1. The van der Waals surface area contributed by atoms with Crippen molar-refractivity contribution in [2.24, 2.45) is 0 Å². The van der Waals surface area contributed by atoms with E-state index in [9.17, 15) is 0 Å². The first-order valence-electron chi connectivity index (χ1n) is 5.74. The molecule has 0 radical (unpaired) electrons. The van der Waals surface area contributed by atoms with Crippen LogP contribution in [0.25, 0.3) is 11.3 Å². The fourth-order valence-corrected chi connectivity index (χ4v) is 1.77. The molecule has 92 valence electrons. The number of benzene rings is 1. The lowest BCUT2D eigenvalue weighted by molar-refractivity contribution is 0.341. The molecule has 0 aliphatic rings. The van der Waals surface area contributed by atoms with Gasteiger partial charge in [-0.2, -0.15) is 0 Å². The van der Waals surface area contributed by atoms with Gasteiger partial charge in [0.25, 0.3) is 0 Å². The summed E-state index contributed by atoms with van der Waals surface area (Å²) >= 11 is 0. The van der Waals surface area contributed by atoms with Gasteiger partial charge in [0, 0.05) is 5.56 Å². The minimum Gasteiger partial charge on any atom is -0.493 e. The topological polar surface area (TPSA) is 53.1 Å². The molecule has 2 aromatic rings. The highest BCUT2D eigenvalue weighted by Gasteiger charge is 2.13. The molecule has 0 atom stereocenters. The third-order valence-electron chi connectivity index (χ3n) is 2.58. The molecule has 0 amide bonds. The van der Waals surface area contributed by atoms with Crippen molar-refractivity contribution >= 4 is 5.82 Å². The van der Waals surface area contributed by atoms with Crippen molar-refractivity contribution in [3.8, 4) is 29.4 Å². The number of imidazole rings is 1. The summed E-state index contributed by atoms with van der Waals surface area (Å²) in [5.74, 6) is 3.87. The molecular weight excluding hydrogens is 226 g/mol. The van der Waals surface area contributed by atoms with Gasteiger partial charge in [0.15, 0.2) is 0 Å². The van der Waals surface area contributed by atoms with Crippen molar-refractivity contribution in [3.05, 3.63) is 30.6 Å². The van der Waals surface area contributed by atoms with Gasteiger partial charge in [-0.3, -0.25) is 0 Å². The molecule has 2 N–H and O–H groups in total. The van der Waals surface area contributed by atoms with Crippen molar-refractivity contribution in [2.45, 2.75) is 13.5 Å². The number of nitrogens with two attached hydrogens (primary N) is 1. The molecule has 1 aromatic carbocycles. The van der Waals surface area contributed by atoms with Crippen LogP contribution < -0.4 is 10.5 Å². The summed E-state index contributed by atoms with van der Waals surface area (Å²) in [6.07, 6.45) is 6.92. The maximum Gasteiger partial charge on any atom is 0.132 e. The maximum absolute atomic E-state index is 6.04. The minimum absolute atomic E-state index is 0.412. The van der Waals surface area contributed by atoms with E-state index in [0.717, 1.165) is 11.3 Å². The van der Waals surface area contributed by atoms with Gasteiger partial charge in [0.2, 0.25) is 0 Å².